The van der Waals surface area contributed by atoms with Crippen molar-refractivity contribution in [2.24, 2.45) is 0 Å². The minimum atomic E-state index is -0.0907. The smallest absolute Gasteiger partial charge is 0.249 e. The number of hydrogen-bond acceptors (Lipinski definition) is 3. The maximum absolute atomic E-state index is 12.7. The van der Waals surface area contributed by atoms with Crippen LogP contribution in [-0.4, -0.2) is 54.5 Å². The van der Waals surface area contributed by atoms with E-state index in [1.54, 1.807) is 4.90 Å². The van der Waals surface area contributed by atoms with Crippen molar-refractivity contribution >= 4 is 11.8 Å². The summed E-state index contributed by atoms with van der Waals surface area (Å²) < 4.78 is 5.12. The van der Waals surface area contributed by atoms with Gasteiger partial charge < -0.3 is 14.5 Å². The van der Waals surface area contributed by atoms with Gasteiger partial charge in [-0.3, -0.25) is 9.59 Å². The lowest BCUT2D eigenvalue weighted by molar-refractivity contribution is -0.148. The summed E-state index contributed by atoms with van der Waals surface area (Å²) in [5, 5.41) is 0. The van der Waals surface area contributed by atoms with Gasteiger partial charge in [-0.2, -0.15) is 0 Å². The minimum absolute atomic E-state index is 0.0451. The normalized spacial score (nSPS) is 21.8. The van der Waals surface area contributed by atoms with Crippen LogP contribution < -0.4 is 0 Å². The van der Waals surface area contributed by atoms with E-state index in [-0.39, 0.29) is 31.0 Å². The van der Waals surface area contributed by atoms with Crippen LogP contribution in [0.5, 0.6) is 0 Å². The third kappa shape index (κ3) is 3.39. The monoisotopic (exact) mass is 316 g/mol. The molecule has 1 atom stereocenters. The molecule has 2 saturated heterocycles. The van der Waals surface area contributed by atoms with Crippen LogP contribution in [0.2, 0.25) is 0 Å². The first-order valence-electron chi connectivity index (χ1n) is 8.28. The first-order valence-corrected chi connectivity index (χ1v) is 8.28. The molecule has 3 rings (SSSR count). The molecule has 0 radical (unpaired) electrons. The Morgan fingerprint density at radius 2 is 2.13 bits per heavy atom. The first-order chi connectivity index (χ1) is 11.1. The van der Waals surface area contributed by atoms with Gasteiger partial charge in [0.25, 0.3) is 0 Å². The molecule has 2 fully saturated rings. The van der Waals surface area contributed by atoms with Crippen molar-refractivity contribution in [2.45, 2.75) is 32.7 Å². The van der Waals surface area contributed by atoms with Crippen LogP contribution in [0.1, 0.15) is 35.6 Å². The molecule has 2 heterocycles. The molecule has 124 valence electrons. The highest BCUT2D eigenvalue weighted by molar-refractivity contribution is 5.86. The van der Waals surface area contributed by atoms with Gasteiger partial charge >= 0.3 is 0 Å². The molecule has 0 aliphatic carbocycles. The fourth-order valence-electron chi connectivity index (χ4n) is 3.48. The van der Waals surface area contributed by atoms with Crippen molar-refractivity contribution in [3.63, 3.8) is 0 Å². The number of morpholine rings is 1. The molecule has 23 heavy (non-hydrogen) atoms. The number of ether oxygens (including phenoxy) is 1. The number of nitrogens with zero attached hydrogens (tertiary/aromatic N) is 2. The van der Waals surface area contributed by atoms with E-state index in [1.165, 1.54) is 16.7 Å². The number of carbonyl (C=O) groups excluding carboxylic acids is 2. The summed E-state index contributed by atoms with van der Waals surface area (Å²) in [7, 11) is 0. The SMILES string of the molecule is Cc1ccc(C)c([C@@H]2CCCN2C(=O)CN2CCOCC2=O)c1. The Bertz CT molecular complexity index is 614. The second-order valence-electron chi connectivity index (χ2n) is 6.47. The second kappa shape index (κ2) is 6.71. The number of aryl methyl sites for hydroxylation is 2. The summed E-state index contributed by atoms with van der Waals surface area (Å²) in [5.74, 6) is -0.0456. The van der Waals surface area contributed by atoms with Gasteiger partial charge in [0.1, 0.15) is 6.61 Å². The van der Waals surface area contributed by atoms with Crippen molar-refractivity contribution in [3.05, 3.63) is 34.9 Å². The molecule has 2 aliphatic rings. The van der Waals surface area contributed by atoms with E-state index in [0.29, 0.717) is 13.2 Å². The highest BCUT2D eigenvalue weighted by Crippen LogP contribution is 2.34. The second-order valence-corrected chi connectivity index (χ2v) is 6.47. The van der Waals surface area contributed by atoms with E-state index in [4.69, 9.17) is 4.74 Å². The van der Waals surface area contributed by atoms with Crippen LogP contribution in [0.3, 0.4) is 0 Å². The summed E-state index contributed by atoms with van der Waals surface area (Å²) in [6.07, 6.45) is 2.01. The Kier molecular flexibility index (Phi) is 4.66. The molecule has 1 aromatic carbocycles. The molecule has 0 unspecified atom stereocenters. The van der Waals surface area contributed by atoms with E-state index in [0.717, 1.165) is 19.4 Å². The molecule has 2 aliphatic heterocycles. The Labute approximate surface area is 137 Å². The van der Waals surface area contributed by atoms with Crippen LogP contribution in [0, 0.1) is 13.8 Å². The van der Waals surface area contributed by atoms with Gasteiger partial charge in [0.2, 0.25) is 11.8 Å². The maximum atomic E-state index is 12.7. The largest absolute Gasteiger partial charge is 0.370 e. The van der Waals surface area contributed by atoms with Gasteiger partial charge in [-0.05, 0) is 37.8 Å². The van der Waals surface area contributed by atoms with E-state index >= 15 is 0 Å². The molecule has 0 aromatic heterocycles. The summed E-state index contributed by atoms with van der Waals surface area (Å²) >= 11 is 0. The van der Waals surface area contributed by atoms with Gasteiger partial charge in [0, 0.05) is 13.1 Å². The van der Waals surface area contributed by atoms with Gasteiger partial charge in [-0.25, -0.2) is 0 Å². The summed E-state index contributed by atoms with van der Waals surface area (Å²) in [4.78, 5) is 28.1. The lowest BCUT2D eigenvalue weighted by Gasteiger charge is -2.31. The van der Waals surface area contributed by atoms with Crippen molar-refractivity contribution in [1.82, 2.24) is 9.80 Å². The van der Waals surface area contributed by atoms with Gasteiger partial charge in [-0.15, -0.1) is 0 Å². The molecule has 0 N–H and O–H groups in total. The molecule has 0 saturated carbocycles. The number of hydrogen-bond donors (Lipinski definition) is 0. The molecule has 5 heteroatoms. The van der Waals surface area contributed by atoms with Crippen molar-refractivity contribution in [2.75, 3.05) is 32.8 Å². The standard InChI is InChI=1S/C18H24N2O3/c1-13-5-6-14(2)15(10-13)16-4-3-7-20(16)17(21)11-19-8-9-23-12-18(19)22/h5-6,10,16H,3-4,7-9,11-12H2,1-2H3/t16-/m0/s1. The first kappa shape index (κ1) is 16.0. The third-order valence-electron chi connectivity index (χ3n) is 4.78. The molecule has 2 amide bonds. The van der Waals surface area contributed by atoms with E-state index in [2.05, 4.69) is 32.0 Å². The van der Waals surface area contributed by atoms with Crippen molar-refractivity contribution in [3.8, 4) is 0 Å². The van der Waals surface area contributed by atoms with Crippen LogP contribution in [0.4, 0.5) is 0 Å². The Morgan fingerprint density at radius 3 is 2.91 bits per heavy atom. The highest BCUT2D eigenvalue weighted by Gasteiger charge is 2.32. The van der Waals surface area contributed by atoms with Gasteiger partial charge in [-0.1, -0.05) is 23.8 Å². The molecular weight excluding hydrogens is 292 g/mol. The number of carbonyl (C=O) groups is 2. The summed E-state index contributed by atoms with van der Waals surface area (Å²) in [6.45, 7) is 6.23. The fraction of sp³-hybridized carbons (Fsp3) is 0.556. The van der Waals surface area contributed by atoms with Crippen LogP contribution in [0.15, 0.2) is 18.2 Å². The maximum Gasteiger partial charge on any atom is 0.249 e. The van der Waals surface area contributed by atoms with E-state index in [1.807, 2.05) is 4.90 Å². The zero-order valence-corrected chi connectivity index (χ0v) is 13.9. The van der Waals surface area contributed by atoms with Crippen molar-refractivity contribution in [1.29, 1.82) is 0 Å². The Hall–Kier alpha value is -1.88. The molecule has 0 bridgehead atoms. The number of amides is 2. The summed E-state index contributed by atoms with van der Waals surface area (Å²) in [6, 6.07) is 6.55. The van der Waals surface area contributed by atoms with Crippen molar-refractivity contribution < 1.29 is 14.3 Å². The number of benzene rings is 1. The molecular formula is C18H24N2O3. The number of likely N-dealkylation sites (tertiary alicyclic amines) is 1. The zero-order valence-electron chi connectivity index (χ0n) is 13.9. The van der Waals surface area contributed by atoms with Crippen LogP contribution >= 0.6 is 0 Å². The predicted molar refractivity (Wildman–Crippen MR) is 87.0 cm³/mol. The van der Waals surface area contributed by atoms with E-state index < -0.39 is 0 Å². The zero-order chi connectivity index (χ0) is 16.4. The quantitative estimate of drug-likeness (QED) is 0.855. The minimum Gasteiger partial charge on any atom is -0.370 e. The number of rotatable bonds is 3. The predicted octanol–water partition coefficient (Wildman–Crippen LogP) is 1.83. The average Bonchev–Trinajstić information content (AvgIpc) is 3.01. The Morgan fingerprint density at radius 1 is 1.30 bits per heavy atom. The lowest BCUT2D eigenvalue weighted by atomic mass is 9.97. The summed E-state index contributed by atoms with van der Waals surface area (Å²) in [5.41, 5.74) is 3.68. The highest BCUT2D eigenvalue weighted by atomic mass is 16.5. The van der Waals surface area contributed by atoms with Gasteiger partial charge in [0.15, 0.2) is 0 Å². The van der Waals surface area contributed by atoms with Crippen LogP contribution in [-0.2, 0) is 14.3 Å². The van der Waals surface area contributed by atoms with E-state index in [9.17, 15) is 9.59 Å². The fourth-order valence-corrected chi connectivity index (χ4v) is 3.48. The average molecular weight is 316 g/mol. The van der Waals surface area contributed by atoms with Crippen LogP contribution in [0.25, 0.3) is 0 Å². The third-order valence-corrected chi connectivity index (χ3v) is 4.78. The molecule has 1 aromatic rings. The lowest BCUT2D eigenvalue weighted by Crippen LogP contribution is -2.47. The van der Waals surface area contributed by atoms with Gasteiger partial charge in [0.05, 0.1) is 19.2 Å². The Balaban J connectivity index is 1.74. The topological polar surface area (TPSA) is 49.9 Å². The molecule has 0 spiro atoms. The molecule has 5 nitrogen and oxygen atoms in total.